The van der Waals surface area contributed by atoms with Crippen molar-refractivity contribution in [3.63, 3.8) is 0 Å². The smallest absolute Gasteiger partial charge is 0.237 e. The molecular formula is C16H16N2O2. The minimum atomic E-state index is -0.168. The van der Waals surface area contributed by atoms with Crippen molar-refractivity contribution >= 4 is 16.9 Å². The van der Waals surface area contributed by atoms with Crippen molar-refractivity contribution in [1.29, 1.82) is 0 Å². The van der Waals surface area contributed by atoms with Crippen molar-refractivity contribution in [3.05, 3.63) is 29.7 Å². The number of ketones is 1. The van der Waals surface area contributed by atoms with E-state index in [0.717, 1.165) is 25.9 Å². The molecule has 4 nitrogen and oxygen atoms in total. The summed E-state index contributed by atoms with van der Waals surface area (Å²) in [6, 6.07) is 8.20. The van der Waals surface area contributed by atoms with Crippen LogP contribution in [0.3, 0.4) is 0 Å². The Morgan fingerprint density at radius 3 is 2.90 bits per heavy atom. The van der Waals surface area contributed by atoms with Crippen LogP contribution >= 0.6 is 0 Å². The number of oxazole rings is 1. The van der Waals surface area contributed by atoms with E-state index in [1.807, 2.05) is 4.90 Å². The fraction of sp³-hybridized carbons (Fsp3) is 0.375. The summed E-state index contributed by atoms with van der Waals surface area (Å²) in [6.07, 6.45) is 3.58. The number of likely N-dealkylation sites (tertiary alicyclic amines) is 1. The number of Topliss-reactive ketones (excluding diaryl/α,β-unsaturated/α-hetero) is 1. The molecule has 2 heterocycles. The topological polar surface area (TPSA) is 46.3 Å². The number of nitrogens with zero attached hydrogens (tertiary/aromatic N) is 2. The summed E-state index contributed by atoms with van der Waals surface area (Å²) in [7, 11) is 0. The van der Waals surface area contributed by atoms with E-state index >= 15 is 0 Å². The third-order valence-electron chi connectivity index (χ3n) is 3.44. The Hall–Kier alpha value is -2.28. The van der Waals surface area contributed by atoms with Gasteiger partial charge in [-0.25, -0.2) is 4.98 Å². The van der Waals surface area contributed by atoms with Gasteiger partial charge in [-0.3, -0.25) is 4.79 Å². The number of aromatic nitrogens is 1. The van der Waals surface area contributed by atoms with Crippen LogP contribution in [0.4, 0.5) is 0 Å². The molecule has 0 unspecified atom stereocenters. The van der Waals surface area contributed by atoms with Gasteiger partial charge in [-0.05, 0) is 43.4 Å². The van der Waals surface area contributed by atoms with Gasteiger partial charge in [0.05, 0.1) is 0 Å². The third-order valence-corrected chi connectivity index (χ3v) is 3.44. The first-order valence-electron chi connectivity index (χ1n) is 6.90. The highest BCUT2D eigenvalue weighted by Gasteiger charge is 2.09. The maximum Gasteiger partial charge on any atom is 0.237 e. The van der Waals surface area contributed by atoms with Crippen molar-refractivity contribution < 1.29 is 9.21 Å². The first-order chi connectivity index (χ1) is 9.72. The lowest BCUT2D eigenvalue weighted by atomic mass is 10.1. The Labute approximate surface area is 117 Å². The summed E-state index contributed by atoms with van der Waals surface area (Å²) < 4.78 is 5.39. The molecule has 0 atom stereocenters. The zero-order valence-electron chi connectivity index (χ0n) is 11.5. The normalized spacial score (nSPS) is 14.9. The largest absolute Gasteiger partial charge is 0.441 e. The monoisotopic (exact) mass is 268 g/mol. The van der Waals surface area contributed by atoms with Crippen molar-refractivity contribution in [3.8, 4) is 12.0 Å². The molecule has 102 valence electrons. The Bertz CT molecular complexity index is 700. The highest BCUT2D eigenvalue weighted by atomic mass is 16.3. The molecule has 1 saturated heterocycles. The first kappa shape index (κ1) is 12.7. The number of benzene rings is 1. The second kappa shape index (κ2) is 5.38. The molecule has 1 aliphatic heterocycles. The van der Waals surface area contributed by atoms with Gasteiger partial charge in [0.2, 0.25) is 5.78 Å². The van der Waals surface area contributed by atoms with Gasteiger partial charge in [-0.15, -0.1) is 0 Å². The van der Waals surface area contributed by atoms with Crippen LogP contribution in [0.15, 0.2) is 22.6 Å². The lowest BCUT2D eigenvalue weighted by molar-refractivity contribution is 0.105. The number of rotatable bonds is 1. The molecule has 1 aromatic heterocycles. The number of fused-ring (bicyclic) bond motifs is 1. The van der Waals surface area contributed by atoms with E-state index < -0.39 is 0 Å². The summed E-state index contributed by atoms with van der Waals surface area (Å²) >= 11 is 0. The molecule has 2 aromatic rings. The molecule has 0 saturated carbocycles. The van der Waals surface area contributed by atoms with Crippen LogP contribution in [0.1, 0.15) is 35.5 Å². The average Bonchev–Trinajstić information content (AvgIpc) is 2.85. The van der Waals surface area contributed by atoms with E-state index in [0.29, 0.717) is 22.6 Å². The number of hydrogen-bond acceptors (Lipinski definition) is 4. The molecule has 4 heteroatoms. The van der Waals surface area contributed by atoms with Crippen molar-refractivity contribution in [2.75, 3.05) is 13.1 Å². The maximum atomic E-state index is 12.1. The standard InChI is InChI=1S/C16H16N2O2/c1-12-17-14-11-13(5-6-16(14)20-12)15(19)7-10-18-8-3-2-4-9-18/h5-6,11H,2-4,8-9H2,1H3. The van der Waals surface area contributed by atoms with Crippen LogP contribution in [0.2, 0.25) is 0 Å². The zero-order valence-corrected chi connectivity index (χ0v) is 11.5. The lowest BCUT2D eigenvalue weighted by Gasteiger charge is -2.21. The predicted molar refractivity (Wildman–Crippen MR) is 76.3 cm³/mol. The molecule has 0 radical (unpaired) electrons. The SMILES string of the molecule is Cc1nc2cc(C(=O)C#CN3CCCCC3)ccc2o1. The Morgan fingerprint density at radius 2 is 2.10 bits per heavy atom. The molecule has 0 aliphatic carbocycles. The molecule has 0 N–H and O–H groups in total. The Balaban J connectivity index is 1.79. The molecule has 1 aliphatic rings. The number of aryl methyl sites for hydroxylation is 1. The van der Waals surface area contributed by atoms with Gasteiger partial charge in [0, 0.05) is 31.6 Å². The Morgan fingerprint density at radius 1 is 1.30 bits per heavy atom. The van der Waals surface area contributed by atoms with Crippen LogP contribution < -0.4 is 0 Å². The molecule has 0 bridgehead atoms. The molecule has 0 spiro atoms. The minimum absolute atomic E-state index is 0.168. The zero-order chi connectivity index (χ0) is 13.9. The second-order valence-corrected chi connectivity index (χ2v) is 5.03. The van der Waals surface area contributed by atoms with Gasteiger partial charge in [-0.1, -0.05) is 0 Å². The highest BCUT2D eigenvalue weighted by Crippen LogP contribution is 2.17. The van der Waals surface area contributed by atoms with E-state index in [4.69, 9.17) is 4.42 Å². The van der Waals surface area contributed by atoms with Gasteiger partial charge < -0.3 is 9.32 Å². The summed E-state index contributed by atoms with van der Waals surface area (Å²) in [6.45, 7) is 3.71. The van der Waals surface area contributed by atoms with E-state index in [1.165, 1.54) is 6.42 Å². The molecule has 20 heavy (non-hydrogen) atoms. The third kappa shape index (κ3) is 2.67. The number of hydrogen-bond donors (Lipinski definition) is 0. The van der Waals surface area contributed by atoms with Gasteiger partial charge in [0.25, 0.3) is 0 Å². The fourth-order valence-electron chi connectivity index (χ4n) is 2.39. The molecule has 0 amide bonds. The van der Waals surface area contributed by atoms with Gasteiger partial charge in [0.1, 0.15) is 5.52 Å². The van der Waals surface area contributed by atoms with Crippen LogP contribution in [-0.4, -0.2) is 28.8 Å². The number of piperidine rings is 1. The van der Waals surface area contributed by atoms with Crippen LogP contribution in [0.5, 0.6) is 0 Å². The highest BCUT2D eigenvalue weighted by molar-refractivity contribution is 6.10. The molecule has 1 fully saturated rings. The van der Waals surface area contributed by atoms with Crippen LogP contribution in [-0.2, 0) is 0 Å². The summed E-state index contributed by atoms with van der Waals surface area (Å²) in [5.41, 5.74) is 1.96. The van der Waals surface area contributed by atoms with Crippen molar-refractivity contribution in [2.45, 2.75) is 26.2 Å². The van der Waals surface area contributed by atoms with Crippen LogP contribution in [0.25, 0.3) is 11.1 Å². The van der Waals surface area contributed by atoms with Gasteiger partial charge >= 0.3 is 0 Å². The maximum absolute atomic E-state index is 12.1. The molecular weight excluding hydrogens is 252 g/mol. The van der Waals surface area contributed by atoms with E-state index in [-0.39, 0.29) is 5.78 Å². The summed E-state index contributed by atoms with van der Waals surface area (Å²) in [4.78, 5) is 18.3. The number of carbonyl (C=O) groups is 1. The molecule has 3 rings (SSSR count). The minimum Gasteiger partial charge on any atom is -0.441 e. The van der Waals surface area contributed by atoms with E-state index in [1.54, 1.807) is 25.1 Å². The predicted octanol–water partition coefficient (Wildman–Crippen LogP) is 2.77. The van der Waals surface area contributed by atoms with Crippen molar-refractivity contribution in [2.24, 2.45) is 0 Å². The number of carbonyl (C=O) groups excluding carboxylic acids is 1. The van der Waals surface area contributed by atoms with Crippen LogP contribution in [0, 0.1) is 18.9 Å². The average molecular weight is 268 g/mol. The van der Waals surface area contributed by atoms with Gasteiger partial charge in [0.15, 0.2) is 11.5 Å². The lowest BCUT2D eigenvalue weighted by Crippen LogP contribution is -2.24. The summed E-state index contributed by atoms with van der Waals surface area (Å²) in [5.74, 6) is 3.15. The first-order valence-corrected chi connectivity index (χ1v) is 6.90. The van der Waals surface area contributed by atoms with Crippen molar-refractivity contribution in [1.82, 2.24) is 9.88 Å². The van der Waals surface area contributed by atoms with Gasteiger partial charge in [-0.2, -0.15) is 0 Å². The quantitative estimate of drug-likeness (QED) is 0.589. The molecule has 1 aromatic carbocycles. The fourth-order valence-corrected chi connectivity index (χ4v) is 2.39. The Kier molecular flexibility index (Phi) is 3.42. The van der Waals surface area contributed by atoms with E-state index in [2.05, 4.69) is 16.9 Å². The second-order valence-electron chi connectivity index (χ2n) is 5.03. The van der Waals surface area contributed by atoms with E-state index in [9.17, 15) is 4.79 Å². The summed E-state index contributed by atoms with van der Waals surface area (Å²) in [5, 5.41) is 0.